The molecule has 1 heterocycles. The SMILES string of the molecule is CN=C(NC)NCC(O)c1ccc(C)o1. The van der Waals surface area contributed by atoms with E-state index in [4.69, 9.17) is 4.42 Å². The number of aliphatic hydroxyl groups is 1. The molecule has 5 nitrogen and oxygen atoms in total. The molecule has 1 aromatic rings. The molecular formula is C10H17N3O2. The number of aliphatic imine (C=N–C) groups is 1. The topological polar surface area (TPSA) is 69.8 Å². The molecule has 0 saturated heterocycles. The Morgan fingerprint density at radius 1 is 1.60 bits per heavy atom. The molecule has 15 heavy (non-hydrogen) atoms. The third-order valence-electron chi connectivity index (χ3n) is 2.01. The van der Waals surface area contributed by atoms with Crippen LogP contribution in [0.25, 0.3) is 0 Å². The Labute approximate surface area is 89.2 Å². The first-order chi connectivity index (χ1) is 7.17. The van der Waals surface area contributed by atoms with Crippen molar-refractivity contribution in [1.82, 2.24) is 10.6 Å². The van der Waals surface area contributed by atoms with Gasteiger partial charge in [0.05, 0.1) is 6.54 Å². The van der Waals surface area contributed by atoms with Crippen molar-refractivity contribution in [2.24, 2.45) is 4.99 Å². The zero-order valence-corrected chi connectivity index (χ0v) is 9.24. The van der Waals surface area contributed by atoms with Gasteiger partial charge in [-0.1, -0.05) is 0 Å². The van der Waals surface area contributed by atoms with Crippen LogP contribution in [0.15, 0.2) is 21.5 Å². The van der Waals surface area contributed by atoms with Gasteiger partial charge in [0.25, 0.3) is 0 Å². The van der Waals surface area contributed by atoms with Crippen LogP contribution in [-0.4, -0.2) is 31.7 Å². The maximum atomic E-state index is 9.73. The van der Waals surface area contributed by atoms with Crippen LogP contribution in [0.4, 0.5) is 0 Å². The van der Waals surface area contributed by atoms with E-state index in [0.29, 0.717) is 18.3 Å². The lowest BCUT2D eigenvalue weighted by molar-refractivity contribution is 0.151. The van der Waals surface area contributed by atoms with Crippen LogP contribution in [-0.2, 0) is 0 Å². The number of hydrogen-bond donors (Lipinski definition) is 3. The number of aliphatic hydroxyl groups excluding tert-OH is 1. The fourth-order valence-corrected chi connectivity index (χ4v) is 1.21. The molecule has 1 rings (SSSR count). The van der Waals surface area contributed by atoms with Gasteiger partial charge in [0.2, 0.25) is 0 Å². The number of nitrogens with zero attached hydrogens (tertiary/aromatic N) is 1. The number of aryl methyl sites for hydroxylation is 1. The highest BCUT2D eigenvalue weighted by Gasteiger charge is 2.11. The van der Waals surface area contributed by atoms with Gasteiger partial charge in [-0.3, -0.25) is 4.99 Å². The average Bonchev–Trinajstić information content (AvgIpc) is 2.66. The van der Waals surface area contributed by atoms with Crippen molar-refractivity contribution in [3.8, 4) is 0 Å². The summed E-state index contributed by atoms with van der Waals surface area (Å²) in [6.07, 6.45) is -0.663. The lowest BCUT2D eigenvalue weighted by atomic mass is 10.3. The molecule has 0 radical (unpaired) electrons. The highest BCUT2D eigenvalue weighted by Crippen LogP contribution is 2.14. The second-order valence-electron chi connectivity index (χ2n) is 3.17. The van der Waals surface area contributed by atoms with Crippen molar-refractivity contribution < 1.29 is 9.52 Å². The van der Waals surface area contributed by atoms with E-state index >= 15 is 0 Å². The minimum absolute atomic E-state index is 0.362. The van der Waals surface area contributed by atoms with Crippen LogP contribution in [0.3, 0.4) is 0 Å². The number of nitrogens with one attached hydrogen (secondary N) is 2. The van der Waals surface area contributed by atoms with Crippen LogP contribution in [0.1, 0.15) is 17.6 Å². The third-order valence-corrected chi connectivity index (χ3v) is 2.01. The van der Waals surface area contributed by atoms with Crippen molar-refractivity contribution in [3.63, 3.8) is 0 Å². The Balaban J connectivity index is 2.46. The van der Waals surface area contributed by atoms with Crippen molar-refractivity contribution in [2.45, 2.75) is 13.0 Å². The fraction of sp³-hybridized carbons (Fsp3) is 0.500. The first kappa shape index (κ1) is 11.6. The Morgan fingerprint density at radius 3 is 2.80 bits per heavy atom. The number of rotatable bonds is 3. The molecule has 0 aliphatic rings. The van der Waals surface area contributed by atoms with Crippen LogP contribution >= 0.6 is 0 Å². The molecule has 0 spiro atoms. The maximum Gasteiger partial charge on any atom is 0.190 e. The largest absolute Gasteiger partial charge is 0.464 e. The molecule has 84 valence electrons. The summed E-state index contributed by atoms with van der Waals surface area (Å²) in [5, 5.41) is 15.6. The second-order valence-corrected chi connectivity index (χ2v) is 3.17. The summed E-state index contributed by atoms with van der Waals surface area (Å²) < 4.78 is 5.29. The summed E-state index contributed by atoms with van der Waals surface area (Å²) in [5.41, 5.74) is 0. The van der Waals surface area contributed by atoms with Gasteiger partial charge in [-0.15, -0.1) is 0 Å². The van der Waals surface area contributed by atoms with Crippen LogP contribution < -0.4 is 10.6 Å². The maximum absolute atomic E-state index is 9.73. The van der Waals surface area contributed by atoms with Crippen LogP contribution in [0, 0.1) is 6.92 Å². The van der Waals surface area contributed by atoms with Gasteiger partial charge in [0.15, 0.2) is 5.96 Å². The quantitative estimate of drug-likeness (QED) is 0.500. The molecule has 1 aromatic heterocycles. The molecule has 0 aliphatic heterocycles. The first-order valence-electron chi connectivity index (χ1n) is 4.80. The molecule has 0 saturated carbocycles. The van der Waals surface area contributed by atoms with Gasteiger partial charge in [-0.25, -0.2) is 0 Å². The van der Waals surface area contributed by atoms with E-state index in [2.05, 4.69) is 15.6 Å². The lowest BCUT2D eigenvalue weighted by Crippen LogP contribution is -2.37. The summed E-state index contributed by atoms with van der Waals surface area (Å²) in [4.78, 5) is 3.93. The van der Waals surface area contributed by atoms with Gasteiger partial charge >= 0.3 is 0 Å². The Kier molecular flexibility index (Phi) is 4.17. The molecule has 0 bridgehead atoms. The van der Waals surface area contributed by atoms with Crippen LogP contribution in [0.5, 0.6) is 0 Å². The molecule has 1 unspecified atom stereocenters. The predicted octanol–water partition coefficient (Wildman–Crippen LogP) is 0.416. The van der Waals surface area contributed by atoms with Crippen molar-refractivity contribution in [1.29, 1.82) is 0 Å². The summed E-state index contributed by atoms with van der Waals surface area (Å²) in [6.45, 7) is 2.21. The first-order valence-corrected chi connectivity index (χ1v) is 4.80. The fourth-order valence-electron chi connectivity index (χ4n) is 1.21. The minimum atomic E-state index is -0.663. The normalized spacial score (nSPS) is 13.7. The minimum Gasteiger partial charge on any atom is -0.464 e. The number of hydrogen-bond acceptors (Lipinski definition) is 3. The summed E-state index contributed by atoms with van der Waals surface area (Å²) in [5.74, 6) is 1.99. The van der Waals surface area contributed by atoms with E-state index < -0.39 is 6.10 Å². The number of furan rings is 1. The van der Waals surface area contributed by atoms with Gasteiger partial charge in [-0.05, 0) is 19.1 Å². The Bertz CT molecular complexity index is 333. The Morgan fingerprint density at radius 2 is 2.33 bits per heavy atom. The van der Waals surface area contributed by atoms with E-state index in [0.717, 1.165) is 5.76 Å². The molecule has 0 aliphatic carbocycles. The van der Waals surface area contributed by atoms with Crippen LogP contribution in [0.2, 0.25) is 0 Å². The molecule has 0 aromatic carbocycles. The predicted molar refractivity (Wildman–Crippen MR) is 58.8 cm³/mol. The summed E-state index contributed by atoms with van der Waals surface area (Å²) in [7, 11) is 3.43. The van der Waals surface area contributed by atoms with Crippen molar-refractivity contribution >= 4 is 5.96 Å². The standard InChI is InChI=1S/C10H17N3O2/c1-7-4-5-9(15-7)8(14)6-13-10(11-2)12-3/h4-5,8,14H,6H2,1-3H3,(H2,11,12,13). The summed E-state index contributed by atoms with van der Waals surface area (Å²) in [6, 6.07) is 3.59. The second kappa shape index (κ2) is 5.41. The average molecular weight is 211 g/mol. The Hall–Kier alpha value is -1.49. The van der Waals surface area contributed by atoms with Gasteiger partial charge < -0.3 is 20.2 Å². The van der Waals surface area contributed by atoms with E-state index in [-0.39, 0.29) is 0 Å². The molecular weight excluding hydrogens is 194 g/mol. The molecule has 0 fully saturated rings. The van der Waals surface area contributed by atoms with Gasteiger partial charge in [0.1, 0.15) is 17.6 Å². The lowest BCUT2D eigenvalue weighted by Gasteiger charge is -2.11. The monoisotopic (exact) mass is 211 g/mol. The zero-order valence-electron chi connectivity index (χ0n) is 9.24. The molecule has 3 N–H and O–H groups in total. The molecule has 5 heteroatoms. The highest BCUT2D eigenvalue weighted by atomic mass is 16.4. The third kappa shape index (κ3) is 3.28. The van der Waals surface area contributed by atoms with Gasteiger partial charge in [-0.2, -0.15) is 0 Å². The van der Waals surface area contributed by atoms with E-state index in [9.17, 15) is 5.11 Å². The van der Waals surface area contributed by atoms with Gasteiger partial charge in [0, 0.05) is 14.1 Å². The molecule has 0 amide bonds. The smallest absolute Gasteiger partial charge is 0.190 e. The van der Waals surface area contributed by atoms with E-state index in [1.807, 2.05) is 13.0 Å². The van der Waals surface area contributed by atoms with Crippen molar-refractivity contribution in [2.75, 3.05) is 20.6 Å². The van der Waals surface area contributed by atoms with E-state index in [1.165, 1.54) is 0 Å². The zero-order chi connectivity index (χ0) is 11.3. The van der Waals surface area contributed by atoms with E-state index in [1.54, 1.807) is 20.2 Å². The highest BCUT2D eigenvalue weighted by molar-refractivity contribution is 5.79. The number of guanidine groups is 1. The molecule has 1 atom stereocenters. The summed E-state index contributed by atoms with van der Waals surface area (Å²) >= 11 is 0. The van der Waals surface area contributed by atoms with Crippen molar-refractivity contribution in [3.05, 3.63) is 23.7 Å².